The molecule has 0 bridgehead atoms. The summed E-state index contributed by atoms with van der Waals surface area (Å²) in [5.41, 5.74) is 2.06. The van der Waals surface area contributed by atoms with E-state index in [1.165, 1.54) is 16.3 Å². The number of aryl methyl sites for hydroxylation is 1. The Kier molecular flexibility index (Phi) is 6.18. The van der Waals surface area contributed by atoms with Crippen LogP contribution in [0.4, 0.5) is 0 Å². The molecule has 2 aromatic heterocycles. The molecule has 0 saturated heterocycles. The van der Waals surface area contributed by atoms with E-state index in [0.29, 0.717) is 46.4 Å². The number of amides is 1. The van der Waals surface area contributed by atoms with Crippen LogP contribution in [0.3, 0.4) is 0 Å². The van der Waals surface area contributed by atoms with E-state index in [4.69, 9.17) is 4.74 Å². The maximum Gasteiger partial charge on any atom is 0.267 e. The predicted molar refractivity (Wildman–Crippen MR) is 126 cm³/mol. The molecule has 2 aromatic carbocycles. The number of rotatable bonds is 7. The van der Waals surface area contributed by atoms with Gasteiger partial charge in [-0.15, -0.1) is 10.2 Å². The van der Waals surface area contributed by atoms with Crippen LogP contribution in [0.2, 0.25) is 0 Å². The largest absolute Gasteiger partial charge is 0.495 e. The zero-order valence-corrected chi connectivity index (χ0v) is 19.3. The Morgan fingerprint density at radius 1 is 1.12 bits per heavy atom. The van der Waals surface area contributed by atoms with E-state index in [9.17, 15) is 9.59 Å². The smallest absolute Gasteiger partial charge is 0.267 e. The summed E-state index contributed by atoms with van der Waals surface area (Å²) < 4.78 is 8.89. The highest BCUT2D eigenvalue weighted by Gasteiger charge is 2.21. The second-order valence-corrected chi connectivity index (χ2v) is 8.25. The summed E-state index contributed by atoms with van der Waals surface area (Å²) in [6.45, 7) is 7.19. The summed E-state index contributed by atoms with van der Waals surface area (Å²) in [5, 5.41) is 9.77. The molecule has 0 saturated carbocycles. The minimum atomic E-state index is -0.208. The minimum absolute atomic E-state index is 0.0368. The maximum absolute atomic E-state index is 13.5. The Morgan fingerprint density at radius 3 is 2.59 bits per heavy atom. The third-order valence-electron chi connectivity index (χ3n) is 5.41. The van der Waals surface area contributed by atoms with Gasteiger partial charge in [-0.2, -0.15) is 0 Å². The quantitative estimate of drug-likeness (QED) is 0.401. The number of thioether (sulfide) groups is 1. The standard InChI is InChI=1S/C23H25N5O3S/c1-5-26(6-2)20(29)14-32-23-25-24-22-27(18-13-15(3)11-12-19(18)31-4)21(30)16-9-7-8-10-17(16)28(22)23/h7-13H,5-6,14H2,1-4H3. The number of benzene rings is 2. The molecule has 0 unspecified atom stereocenters. The van der Waals surface area contributed by atoms with E-state index in [-0.39, 0.29) is 17.2 Å². The molecule has 32 heavy (non-hydrogen) atoms. The van der Waals surface area contributed by atoms with E-state index >= 15 is 0 Å². The predicted octanol–water partition coefficient (Wildman–Crippen LogP) is 3.31. The van der Waals surface area contributed by atoms with Crippen LogP contribution in [0, 0.1) is 6.92 Å². The van der Waals surface area contributed by atoms with Gasteiger partial charge in [-0.05, 0) is 50.6 Å². The number of hydrogen-bond acceptors (Lipinski definition) is 6. The minimum Gasteiger partial charge on any atom is -0.495 e. The summed E-state index contributed by atoms with van der Waals surface area (Å²) in [5.74, 6) is 1.21. The Balaban J connectivity index is 1.94. The molecule has 0 aliphatic rings. The van der Waals surface area contributed by atoms with Gasteiger partial charge in [0.05, 0.1) is 29.5 Å². The van der Waals surface area contributed by atoms with Gasteiger partial charge in [0, 0.05) is 13.1 Å². The molecule has 4 rings (SSSR count). The molecule has 0 aliphatic heterocycles. The lowest BCUT2D eigenvalue weighted by molar-refractivity contribution is -0.127. The molecule has 0 spiro atoms. The number of carbonyl (C=O) groups excluding carboxylic acids is 1. The van der Waals surface area contributed by atoms with Gasteiger partial charge < -0.3 is 9.64 Å². The first-order chi connectivity index (χ1) is 15.5. The van der Waals surface area contributed by atoms with Crippen molar-refractivity contribution in [3.8, 4) is 11.4 Å². The van der Waals surface area contributed by atoms with Crippen molar-refractivity contribution in [1.29, 1.82) is 0 Å². The fourth-order valence-electron chi connectivity index (χ4n) is 3.76. The molecule has 8 nitrogen and oxygen atoms in total. The molecule has 2 heterocycles. The van der Waals surface area contributed by atoms with Crippen LogP contribution in [0.25, 0.3) is 22.4 Å². The first kappa shape index (κ1) is 21.9. The molecule has 1 amide bonds. The zero-order valence-electron chi connectivity index (χ0n) is 18.5. The highest BCUT2D eigenvalue weighted by atomic mass is 32.2. The van der Waals surface area contributed by atoms with Gasteiger partial charge in [-0.3, -0.25) is 14.0 Å². The Bertz CT molecular complexity index is 1360. The van der Waals surface area contributed by atoms with Gasteiger partial charge in [0.2, 0.25) is 11.7 Å². The fraction of sp³-hybridized carbons (Fsp3) is 0.304. The number of para-hydroxylation sites is 1. The van der Waals surface area contributed by atoms with Crippen LogP contribution in [0.15, 0.2) is 52.4 Å². The maximum atomic E-state index is 13.5. The summed E-state index contributed by atoms with van der Waals surface area (Å²) in [6, 6.07) is 13.0. The van der Waals surface area contributed by atoms with Crippen molar-refractivity contribution >= 4 is 34.3 Å². The van der Waals surface area contributed by atoms with Gasteiger partial charge in [0.15, 0.2) is 5.16 Å². The second-order valence-electron chi connectivity index (χ2n) is 7.31. The van der Waals surface area contributed by atoms with E-state index in [2.05, 4.69) is 10.2 Å². The summed E-state index contributed by atoms with van der Waals surface area (Å²) in [4.78, 5) is 27.8. The molecule has 4 aromatic rings. The molecule has 166 valence electrons. The fourth-order valence-corrected chi connectivity index (χ4v) is 4.60. The Labute approximate surface area is 189 Å². The van der Waals surface area contributed by atoms with Gasteiger partial charge in [-0.1, -0.05) is 30.0 Å². The number of fused-ring (bicyclic) bond motifs is 3. The van der Waals surface area contributed by atoms with E-state index in [1.807, 2.05) is 61.6 Å². The topological polar surface area (TPSA) is 81.7 Å². The van der Waals surface area contributed by atoms with Crippen molar-refractivity contribution in [2.75, 3.05) is 26.0 Å². The third kappa shape index (κ3) is 3.73. The number of aromatic nitrogens is 4. The van der Waals surface area contributed by atoms with Gasteiger partial charge in [0.25, 0.3) is 5.56 Å². The summed E-state index contributed by atoms with van der Waals surface area (Å²) in [6.07, 6.45) is 0. The molecule has 0 aliphatic carbocycles. The molecule has 0 atom stereocenters. The van der Waals surface area contributed by atoms with Gasteiger partial charge >= 0.3 is 0 Å². The number of methoxy groups -OCH3 is 1. The van der Waals surface area contributed by atoms with Crippen molar-refractivity contribution in [3.63, 3.8) is 0 Å². The van der Waals surface area contributed by atoms with E-state index in [0.717, 1.165) is 5.56 Å². The lowest BCUT2D eigenvalue weighted by atomic mass is 10.2. The lowest BCUT2D eigenvalue weighted by Gasteiger charge is -2.18. The van der Waals surface area contributed by atoms with Crippen molar-refractivity contribution in [2.24, 2.45) is 0 Å². The SMILES string of the molecule is CCN(CC)C(=O)CSc1nnc2n(-c3cc(C)ccc3OC)c(=O)c3ccccc3n12. The number of hydrogen-bond donors (Lipinski definition) is 0. The molecular formula is C23H25N5O3S. The number of carbonyl (C=O) groups is 1. The molecule has 0 radical (unpaired) electrons. The molecule has 0 N–H and O–H groups in total. The third-order valence-corrected chi connectivity index (χ3v) is 6.32. The second kappa shape index (κ2) is 9.04. The zero-order chi connectivity index (χ0) is 22.8. The first-order valence-electron chi connectivity index (χ1n) is 10.4. The van der Waals surface area contributed by atoms with Gasteiger partial charge in [0.1, 0.15) is 5.75 Å². The van der Waals surface area contributed by atoms with Crippen LogP contribution >= 0.6 is 11.8 Å². The van der Waals surface area contributed by atoms with Crippen molar-refractivity contribution in [1.82, 2.24) is 24.1 Å². The average Bonchev–Trinajstić information content (AvgIpc) is 3.22. The number of nitrogens with zero attached hydrogens (tertiary/aromatic N) is 5. The Morgan fingerprint density at radius 2 is 1.88 bits per heavy atom. The summed E-state index contributed by atoms with van der Waals surface area (Å²) >= 11 is 1.31. The molecule has 9 heteroatoms. The highest BCUT2D eigenvalue weighted by molar-refractivity contribution is 7.99. The van der Waals surface area contributed by atoms with Crippen LogP contribution in [-0.4, -0.2) is 55.9 Å². The number of ether oxygens (including phenoxy) is 1. The van der Waals surface area contributed by atoms with Crippen LogP contribution in [0.1, 0.15) is 19.4 Å². The monoisotopic (exact) mass is 451 g/mol. The highest BCUT2D eigenvalue weighted by Crippen LogP contribution is 2.28. The average molecular weight is 452 g/mol. The normalized spacial score (nSPS) is 11.2. The van der Waals surface area contributed by atoms with Crippen molar-refractivity contribution in [3.05, 3.63) is 58.4 Å². The Hall–Kier alpha value is -3.33. The van der Waals surface area contributed by atoms with Crippen LogP contribution in [-0.2, 0) is 4.79 Å². The molecule has 0 fully saturated rings. The van der Waals surface area contributed by atoms with Crippen molar-refractivity contribution < 1.29 is 9.53 Å². The molecular weight excluding hydrogens is 426 g/mol. The first-order valence-corrected chi connectivity index (χ1v) is 11.4. The lowest BCUT2D eigenvalue weighted by Crippen LogP contribution is -2.31. The van der Waals surface area contributed by atoms with Gasteiger partial charge in [-0.25, -0.2) is 4.57 Å². The van der Waals surface area contributed by atoms with Crippen LogP contribution in [0.5, 0.6) is 5.75 Å². The summed E-state index contributed by atoms with van der Waals surface area (Å²) in [7, 11) is 1.57. The van der Waals surface area contributed by atoms with Crippen LogP contribution < -0.4 is 10.3 Å². The van der Waals surface area contributed by atoms with E-state index in [1.54, 1.807) is 18.1 Å². The van der Waals surface area contributed by atoms with E-state index < -0.39 is 0 Å². The van der Waals surface area contributed by atoms with Crippen molar-refractivity contribution in [2.45, 2.75) is 25.9 Å².